The summed E-state index contributed by atoms with van der Waals surface area (Å²) in [6.07, 6.45) is 1.69. The van der Waals surface area contributed by atoms with Crippen LogP contribution in [0, 0.1) is 0 Å². The van der Waals surface area contributed by atoms with E-state index in [0.29, 0.717) is 6.04 Å². The highest BCUT2D eigenvalue weighted by atomic mass is 35.5. The van der Waals surface area contributed by atoms with Crippen LogP contribution in [0.15, 0.2) is 0 Å². The summed E-state index contributed by atoms with van der Waals surface area (Å²) in [5, 5.41) is 5.98. The fraction of sp³-hybridized carbons (Fsp3) is 0.857. The number of amides is 1. The zero-order valence-corrected chi connectivity index (χ0v) is 7.62. The number of nitrogens with one attached hydrogen (secondary N) is 2. The lowest BCUT2D eigenvalue weighted by Gasteiger charge is -2.29. The lowest BCUT2D eigenvalue weighted by atomic mass is 10.1. The lowest BCUT2D eigenvalue weighted by Crippen LogP contribution is -2.60. The van der Waals surface area contributed by atoms with E-state index in [1.54, 1.807) is 0 Å². The summed E-state index contributed by atoms with van der Waals surface area (Å²) in [5.74, 6) is 0.0315. The van der Waals surface area contributed by atoms with E-state index in [0.717, 1.165) is 25.9 Å². The molecule has 4 N–H and O–H groups in total. The fourth-order valence-corrected chi connectivity index (χ4v) is 1.08. The van der Waals surface area contributed by atoms with Crippen molar-refractivity contribution < 1.29 is 4.79 Å². The van der Waals surface area contributed by atoms with Crippen molar-refractivity contribution in [2.75, 3.05) is 13.1 Å². The predicted molar refractivity (Wildman–Crippen MR) is 48.2 cm³/mol. The maximum Gasteiger partial charge on any atom is 0.240 e. The van der Waals surface area contributed by atoms with Crippen molar-refractivity contribution in [1.29, 1.82) is 0 Å². The largest absolute Gasteiger partial charge is 0.349 e. The molecular formula is C7H14ClN3O. The van der Waals surface area contributed by atoms with Gasteiger partial charge in [-0.25, -0.2) is 0 Å². The van der Waals surface area contributed by atoms with Crippen molar-refractivity contribution in [3.8, 4) is 0 Å². The topological polar surface area (TPSA) is 67.2 Å². The number of halogens is 1. The van der Waals surface area contributed by atoms with E-state index < -0.39 is 5.54 Å². The molecule has 0 aromatic heterocycles. The first-order chi connectivity index (χ1) is 5.21. The molecule has 4 nitrogen and oxygen atoms in total. The van der Waals surface area contributed by atoms with Gasteiger partial charge in [-0.05, 0) is 12.8 Å². The second-order valence-corrected chi connectivity index (χ2v) is 3.48. The van der Waals surface area contributed by atoms with Crippen LogP contribution in [0.3, 0.4) is 0 Å². The van der Waals surface area contributed by atoms with Gasteiger partial charge in [-0.1, -0.05) is 0 Å². The molecule has 1 heterocycles. The standard InChI is InChI=1S/C7H13N3O.ClH/c8-7(1-2-7)6(11)10-5-3-9-4-5;/h5,9H,1-4,8H2,(H,10,11);1H. The Balaban J connectivity index is 0.000000720. The van der Waals surface area contributed by atoms with Crippen LogP contribution in [0.25, 0.3) is 0 Å². The first kappa shape index (κ1) is 9.77. The molecule has 1 amide bonds. The summed E-state index contributed by atoms with van der Waals surface area (Å²) in [6.45, 7) is 1.78. The third-order valence-electron chi connectivity index (χ3n) is 2.36. The van der Waals surface area contributed by atoms with Crippen LogP contribution in [0.5, 0.6) is 0 Å². The molecular weight excluding hydrogens is 178 g/mol. The normalized spacial score (nSPS) is 25.1. The Morgan fingerprint density at radius 1 is 1.50 bits per heavy atom. The molecule has 0 spiro atoms. The second kappa shape index (κ2) is 3.20. The van der Waals surface area contributed by atoms with Crippen LogP contribution < -0.4 is 16.4 Å². The minimum atomic E-state index is -0.504. The van der Waals surface area contributed by atoms with Gasteiger partial charge in [0.05, 0.1) is 11.6 Å². The van der Waals surface area contributed by atoms with Crippen molar-refractivity contribution in [3.05, 3.63) is 0 Å². The van der Waals surface area contributed by atoms with Crippen molar-refractivity contribution in [1.82, 2.24) is 10.6 Å². The molecule has 2 fully saturated rings. The second-order valence-electron chi connectivity index (χ2n) is 3.48. The zero-order valence-electron chi connectivity index (χ0n) is 6.80. The van der Waals surface area contributed by atoms with Gasteiger partial charge < -0.3 is 16.4 Å². The average Bonchev–Trinajstić information content (AvgIpc) is 2.59. The lowest BCUT2D eigenvalue weighted by molar-refractivity contribution is -0.124. The molecule has 0 unspecified atom stereocenters. The van der Waals surface area contributed by atoms with Crippen LogP contribution >= 0.6 is 12.4 Å². The number of hydrogen-bond donors (Lipinski definition) is 3. The third kappa shape index (κ3) is 1.71. The van der Waals surface area contributed by atoms with Gasteiger partial charge >= 0.3 is 0 Å². The zero-order chi connectivity index (χ0) is 7.90. The SMILES string of the molecule is Cl.NC1(C(=O)NC2CNC2)CC1. The first-order valence-electron chi connectivity index (χ1n) is 4.01. The summed E-state index contributed by atoms with van der Waals surface area (Å²) in [6, 6.07) is 0.323. The van der Waals surface area contributed by atoms with E-state index in [9.17, 15) is 4.79 Å². The number of carbonyl (C=O) groups is 1. The number of nitrogens with two attached hydrogens (primary N) is 1. The minimum absolute atomic E-state index is 0. The Bertz CT molecular complexity index is 189. The van der Waals surface area contributed by atoms with Gasteiger partial charge in [0, 0.05) is 13.1 Å². The van der Waals surface area contributed by atoms with E-state index >= 15 is 0 Å². The molecule has 0 bridgehead atoms. The Hall–Kier alpha value is -0.320. The van der Waals surface area contributed by atoms with E-state index in [-0.39, 0.29) is 18.3 Å². The average molecular weight is 192 g/mol. The van der Waals surface area contributed by atoms with Crippen LogP contribution in [-0.4, -0.2) is 30.6 Å². The van der Waals surface area contributed by atoms with E-state index in [1.807, 2.05) is 0 Å². The number of carbonyl (C=O) groups excluding carboxylic acids is 1. The number of hydrogen-bond acceptors (Lipinski definition) is 3. The van der Waals surface area contributed by atoms with Gasteiger partial charge in [0.25, 0.3) is 0 Å². The highest BCUT2D eigenvalue weighted by Gasteiger charge is 2.46. The van der Waals surface area contributed by atoms with E-state index in [4.69, 9.17) is 5.73 Å². The Morgan fingerprint density at radius 3 is 2.42 bits per heavy atom. The van der Waals surface area contributed by atoms with E-state index in [1.165, 1.54) is 0 Å². The Labute approximate surface area is 77.7 Å². The predicted octanol–water partition coefficient (Wildman–Crippen LogP) is -1.01. The molecule has 2 aliphatic rings. The van der Waals surface area contributed by atoms with Crippen LogP contribution in [0.1, 0.15) is 12.8 Å². The summed E-state index contributed by atoms with van der Waals surface area (Å²) < 4.78 is 0. The van der Waals surface area contributed by atoms with Gasteiger partial charge in [0.1, 0.15) is 0 Å². The van der Waals surface area contributed by atoms with Gasteiger partial charge in [-0.2, -0.15) is 0 Å². The summed E-state index contributed by atoms with van der Waals surface area (Å²) in [5.41, 5.74) is 5.18. The molecule has 70 valence electrons. The molecule has 1 saturated carbocycles. The van der Waals surface area contributed by atoms with Crippen LogP contribution in [-0.2, 0) is 4.79 Å². The first-order valence-corrected chi connectivity index (χ1v) is 4.01. The molecule has 5 heteroatoms. The van der Waals surface area contributed by atoms with Gasteiger partial charge in [0.2, 0.25) is 5.91 Å². The molecule has 0 aromatic carbocycles. The number of rotatable bonds is 2. The molecule has 1 aliphatic carbocycles. The molecule has 1 saturated heterocycles. The molecule has 1 aliphatic heterocycles. The Kier molecular flexibility index (Phi) is 2.61. The smallest absolute Gasteiger partial charge is 0.240 e. The summed E-state index contributed by atoms with van der Waals surface area (Å²) in [7, 11) is 0. The van der Waals surface area contributed by atoms with Crippen molar-refractivity contribution in [2.24, 2.45) is 5.73 Å². The maximum atomic E-state index is 11.3. The quantitative estimate of drug-likeness (QED) is 0.524. The molecule has 0 atom stereocenters. The van der Waals surface area contributed by atoms with Crippen molar-refractivity contribution in [3.63, 3.8) is 0 Å². The van der Waals surface area contributed by atoms with E-state index in [2.05, 4.69) is 10.6 Å². The summed E-state index contributed by atoms with van der Waals surface area (Å²) >= 11 is 0. The molecule has 12 heavy (non-hydrogen) atoms. The fourth-order valence-electron chi connectivity index (χ4n) is 1.08. The highest BCUT2D eigenvalue weighted by molar-refractivity contribution is 5.89. The Morgan fingerprint density at radius 2 is 2.08 bits per heavy atom. The minimum Gasteiger partial charge on any atom is -0.349 e. The van der Waals surface area contributed by atoms with Crippen LogP contribution in [0.4, 0.5) is 0 Å². The highest BCUT2D eigenvalue weighted by Crippen LogP contribution is 2.32. The van der Waals surface area contributed by atoms with Crippen LogP contribution in [0.2, 0.25) is 0 Å². The van der Waals surface area contributed by atoms with Crippen molar-refractivity contribution >= 4 is 18.3 Å². The van der Waals surface area contributed by atoms with Crippen molar-refractivity contribution in [2.45, 2.75) is 24.4 Å². The molecule has 0 aromatic rings. The molecule has 0 radical (unpaired) electrons. The van der Waals surface area contributed by atoms with Gasteiger partial charge in [-0.3, -0.25) is 4.79 Å². The van der Waals surface area contributed by atoms with Gasteiger partial charge in [-0.15, -0.1) is 12.4 Å². The van der Waals surface area contributed by atoms with Gasteiger partial charge in [0.15, 0.2) is 0 Å². The maximum absolute atomic E-state index is 11.3. The monoisotopic (exact) mass is 191 g/mol. The summed E-state index contributed by atoms with van der Waals surface area (Å²) in [4.78, 5) is 11.3. The molecule has 2 rings (SSSR count). The third-order valence-corrected chi connectivity index (χ3v) is 2.36.